The lowest BCUT2D eigenvalue weighted by atomic mass is 9.85. The molecule has 0 spiro atoms. The van der Waals surface area contributed by atoms with E-state index < -0.39 is 41.6 Å². The molecule has 212 valence electrons. The maximum Gasteiger partial charge on any atom is 0.586 e. The molecule has 1 aromatic heterocycles. The van der Waals surface area contributed by atoms with Crippen molar-refractivity contribution in [2.24, 2.45) is 0 Å². The normalized spacial score (nSPS) is 18.0. The summed E-state index contributed by atoms with van der Waals surface area (Å²) >= 11 is 0. The summed E-state index contributed by atoms with van der Waals surface area (Å²) in [4.78, 5) is 13.3. The second-order valence-corrected chi connectivity index (χ2v) is 10.6. The van der Waals surface area contributed by atoms with E-state index in [1.807, 2.05) is 19.9 Å². The fourth-order valence-corrected chi connectivity index (χ4v) is 5.07. The molecule has 2 aromatic carbocycles. The van der Waals surface area contributed by atoms with E-state index in [0.717, 1.165) is 5.69 Å². The number of anilines is 1. The van der Waals surface area contributed by atoms with Gasteiger partial charge in [-0.3, -0.25) is 4.79 Å². The Morgan fingerprint density at radius 1 is 1.16 bits per heavy atom. The van der Waals surface area contributed by atoms with Gasteiger partial charge < -0.3 is 34.7 Å². The molecule has 1 aliphatic heterocycles. The molecule has 1 atom stereocenters. The molecule has 0 radical (unpaired) electrons. The number of carbonyl (C=O) groups excluding carboxylic acids is 1. The third kappa shape index (κ3) is 4.59. The average Bonchev–Trinajstić information content (AvgIpc) is 3.50. The Kier molecular flexibility index (Phi) is 6.36. The number of aliphatic hydroxyl groups excluding tert-OH is 3. The Bertz CT molecular complexity index is 1420. The standard InChI is InChI=1S/C27H29F3N2O6.4H2/c1-25(2,7-8-33)23-10-15-9-19(18(28)12-20(15)32(23)13-17(35)14-34)31-24(36)26(5-6-26)16-3-4-21-22(11-16)38-27(29,30)37-21;;;;/h3-4,9-12,17,33-35H,5-8,13-14H2,1-2H3,(H,31,36);4*1H/t17-;;;;/m1..../s1. The predicted molar refractivity (Wildman–Crippen MR) is 140 cm³/mol. The highest BCUT2D eigenvalue weighted by Crippen LogP contribution is 2.52. The van der Waals surface area contributed by atoms with Crippen molar-refractivity contribution >= 4 is 22.5 Å². The fourth-order valence-electron chi connectivity index (χ4n) is 5.07. The van der Waals surface area contributed by atoms with Crippen molar-refractivity contribution in [2.75, 3.05) is 18.5 Å². The number of aliphatic hydroxyl groups is 3. The number of nitrogens with one attached hydrogen (secondary N) is 1. The van der Waals surface area contributed by atoms with Crippen molar-refractivity contribution in [3.05, 3.63) is 53.5 Å². The number of alkyl halides is 2. The van der Waals surface area contributed by atoms with E-state index >= 15 is 4.39 Å². The lowest BCUT2D eigenvalue weighted by Crippen LogP contribution is -2.28. The lowest BCUT2D eigenvalue weighted by Gasteiger charge is -2.27. The molecule has 38 heavy (non-hydrogen) atoms. The molecule has 0 saturated heterocycles. The number of amides is 1. The van der Waals surface area contributed by atoms with Gasteiger partial charge in [0.15, 0.2) is 11.5 Å². The van der Waals surface area contributed by atoms with Crippen molar-refractivity contribution in [1.82, 2.24) is 4.57 Å². The van der Waals surface area contributed by atoms with Crippen molar-refractivity contribution in [3.8, 4) is 11.5 Å². The monoisotopic (exact) mass is 542 g/mol. The highest BCUT2D eigenvalue weighted by atomic mass is 19.3. The minimum atomic E-state index is -3.77. The molecule has 1 amide bonds. The van der Waals surface area contributed by atoms with Gasteiger partial charge in [-0.15, -0.1) is 8.78 Å². The molecule has 0 unspecified atom stereocenters. The molecule has 8 nitrogen and oxygen atoms in total. The van der Waals surface area contributed by atoms with Crippen LogP contribution in [0.3, 0.4) is 0 Å². The number of aromatic nitrogens is 1. The first-order valence-electron chi connectivity index (χ1n) is 12.3. The third-order valence-electron chi connectivity index (χ3n) is 7.41. The Morgan fingerprint density at radius 3 is 2.53 bits per heavy atom. The smallest absolute Gasteiger partial charge is 0.396 e. The second-order valence-electron chi connectivity index (χ2n) is 10.6. The highest BCUT2D eigenvalue weighted by Gasteiger charge is 2.53. The van der Waals surface area contributed by atoms with E-state index in [0.29, 0.717) is 35.7 Å². The first-order chi connectivity index (χ1) is 17.9. The van der Waals surface area contributed by atoms with Gasteiger partial charge in [0.25, 0.3) is 0 Å². The molecular weight excluding hydrogens is 505 g/mol. The van der Waals surface area contributed by atoms with E-state index in [2.05, 4.69) is 14.8 Å². The lowest BCUT2D eigenvalue weighted by molar-refractivity contribution is -0.286. The number of rotatable bonds is 9. The van der Waals surface area contributed by atoms with Crippen LogP contribution in [-0.4, -0.2) is 51.4 Å². The number of halogens is 3. The molecule has 11 heteroatoms. The zero-order valence-electron chi connectivity index (χ0n) is 20.9. The van der Waals surface area contributed by atoms with Crippen LogP contribution in [0.1, 0.15) is 50.1 Å². The molecule has 1 fully saturated rings. The summed E-state index contributed by atoms with van der Waals surface area (Å²) in [7, 11) is 0. The fraction of sp³-hybridized carbons (Fsp3) is 0.444. The number of benzene rings is 2. The Labute approximate surface area is 222 Å². The SMILES string of the molecule is CC(C)(CCO)c1cc2cc(NC(=O)C3(c4ccc5c(c4)OC(F)(F)O5)CC3)c(F)cc2n1C[C@@H](O)CO.[HH].[HH].[HH].[HH]. The highest BCUT2D eigenvalue weighted by molar-refractivity contribution is 6.02. The number of hydrogen-bond acceptors (Lipinski definition) is 6. The Balaban J connectivity index is 0.00000220. The van der Waals surface area contributed by atoms with Crippen molar-refractivity contribution < 1.29 is 48.5 Å². The summed E-state index contributed by atoms with van der Waals surface area (Å²) in [6.07, 6.45) is -3.53. The van der Waals surface area contributed by atoms with Crippen molar-refractivity contribution in [2.45, 2.75) is 62.9 Å². The van der Waals surface area contributed by atoms with Crippen LogP contribution in [-0.2, 0) is 22.2 Å². The zero-order chi connectivity index (χ0) is 27.5. The van der Waals surface area contributed by atoms with E-state index in [-0.39, 0.29) is 36.0 Å². The molecular formula is C27H37F3N2O6. The number of ether oxygens (including phenoxy) is 2. The van der Waals surface area contributed by atoms with Gasteiger partial charge >= 0.3 is 6.29 Å². The zero-order valence-corrected chi connectivity index (χ0v) is 20.9. The minimum Gasteiger partial charge on any atom is -0.396 e. The van der Waals surface area contributed by atoms with Gasteiger partial charge in [0, 0.05) is 34.9 Å². The van der Waals surface area contributed by atoms with Gasteiger partial charge in [-0.2, -0.15) is 0 Å². The summed E-state index contributed by atoms with van der Waals surface area (Å²) in [6.45, 7) is 3.29. The maximum absolute atomic E-state index is 15.3. The van der Waals surface area contributed by atoms with Gasteiger partial charge in [-0.1, -0.05) is 19.9 Å². The van der Waals surface area contributed by atoms with E-state index in [1.54, 1.807) is 4.57 Å². The minimum absolute atomic E-state index is 0. The summed E-state index contributed by atoms with van der Waals surface area (Å²) in [5.74, 6) is -1.46. The number of fused-ring (bicyclic) bond motifs is 2. The van der Waals surface area contributed by atoms with Gasteiger partial charge in [-0.25, -0.2) is 4.39 Å². The maximum atomic E-state index is 15.3. The molecule has 2 aliphatic rings. The number of nitrogens with zero attached hydrogens (tertiary/aromatic N) is 1. The van der Waals surface area contributed by atoms with Gasteiger partial charge in [-0.05, 0) is 49.1 Å². The molecule has 2 heterocycles. The van der Waals surface area contributed by atoms with Gasteiger partial charge in [0.05, 0.1) is 35.9 Å². The van der Waals surface area contributed by atoms with E-state index in [4.69, 9.17) is 0 Å². The van der Waals surface area contributed by atoms with Crippen LogP contribution in [0.5, 0.6) is 11.5 Å². The third-order valence-corrected chi connectivity index (χ3v) is 7.41. The largest absolute Gasteiger partial charge is 0.586 e. The van der Waals surface area contributed by atoms with E-state index in [1.165, 1.54) is 30.3 Å². The predicted octanol–water partition coefficient (Wildman–Crippen LogP) is 4.77. The van der Waals surface area contributed by atoms with Crippen LogP contribution < -0.4 is 14.8 Å². The second kappa shape index (κ2) is 9.18. The van der Waals surface area contributed by atoms with Crippen LogP contribution in [0.2, 0.25) is 0 Å². The number of hydrogen-bond donors (Lipinski definition) is 4. The van der Waals surface area contributed by atoms with Crippen LogP contribution in [0.15, 0.2) is 36.4 Å². The van der Waals surface area contributed by atoms with Gasteiger partial charge in [0.1, 0.15) is 5.82 Å². The molecule has 0 bridgehead atoms. The first-order valence-corrected chi connectivity index (χ1v) is 12.3. The Hall–Kier alpha value is -3.28. The quantitative estimate of drug-likeness (QED) is 0.310. The molecule has 4 N–H and O–H groups in total. The Morgan fingerprint density at radius 2 is 1.87 bits per heavy atom. The summed E-state index contributed by atoms with van der Waals surface area (Å²) in [5.41, 5.74) is 0.0703. The van der Waals surface area contributed by atoms with Crippen molar-refractivity contribution in [3.63, 3.8) is 0 Å². The summed E-state index contributed by atoms with van der Waals surface area (Å²) < 4.78 is 52.8. The molecule has 1 aliphatic carbocycles. The van der Waals surface area contributed by atoms with Crippen LogP contribution >= 0.6 is 0 Å². The summed E-state index contributed by atoms with van der Waals surface area (Å²) in [6, 6.07) is 8.77. The first kappa shape index (κ1) is 26.3. The van der Waals surface area contributed by atoms with Crippen LogP contribution in [0.4, 0.5) is 18.9 Å². The number of carbonyl (C=O) groups is 1. The van der Waals surface area contributed by atoms with E-state index in [9.17, 15) is 28.9 Å². The summed E-state index contributed by atoms with van der Waals surface area (Å²) in [5, 5.41) is 32.3. The van der Waals surface area contributed by atoms with Crippen LogP contribution in [0, 0.1) is 5.82 Å². The molecule has 5 rings (SSSR count). The molecule has 1 saturated carbocycles. The topological polar surface area (TPSA) is 113 Å². The van der Waals surface area contributed by atoms with Crippen molar-refractivity contribution in [1.29, 1.82) is 0 Å². The average molecular weight is 543 g/mol. The van der Waals surface area contributed by atoms with Gasteiger partial charge in [0.2, 0.25) is 5.91 Å². The molecule has 3 aromatic rings. The van der Waals surface area contributed by atoms with Crippen LogP contribution in [0.25, 0.3) is 10.9 Å².